The van der Waals surface area contributed by atoms with Crippen LogP contribution in [0.5, 0.6) is 0 Å². The number of phosphoric ester groups is 2. The van der Waals surface area contributed by atoms with Gasteiger partial charge in [0.1, 0.15) is 19.3 Å². The normalized spacial score (nSPS) is 14.1. The number of carbonyl (C=O) groups is 4. The zero-order valence-electron chi connectivity index (χ0n) is 69.0. The van der Waals surface area contributed by atoms with Crippen molar-refractivity contribution in [2.45, 2.75) is 477 Å². The summed E-state index contributed by atoms with van der Waals surface area (Å²) in [4.78, 5) is 73.2. The predicted octanol–water partition coefficient (Wildman–Crippen LogP) is 26.2. The number of aliphatic hydroxyl groups is 1. The van der Waals surface area contributed by atoms with Crippen LogP contribution in [0.4, 0.5) is 0 Å². The zero-order valence-corrected chi connectivity index (χ0v) is 70.8. The summed E-state index contributed by atoms with van der Waals surface area (Å²) in [6.45, 7) is 9.63. The minimum absolute atomic E-state index is 0.106. The number of hydrogen-bond donors (Lipinski definition) is 3. The maximum Gasteiger partial charge on any atom is 0.472 e. The number of aliphatic hydroxyl groups excluding tert-OH is 1. The van der Waals surface area contributed by atoms with Crippen LogP contribution in [0, 0.1) is 11.8 Å². The number of hydrogen-bond acceptors (Lipinski definition) is 15. The van der Waals surface area contributed by atoms with Crippen molar-refractivity contribution >= 4 is 39.5 Å². The van der Waals surface area contributed by atoms with E-state index in [9.17, 15) is 43.2 Å². The van der Waals surface area contributed by atoms with Crippen LogP contribution in [-0.2, 0) is 65.4 Å². The van der Waals surface area contributed by atoms with Crippen molar-refractivity contribution in [1.29, 1.82) is 0 Å². The second-order valence-electron chi connectivity index (χ2n) is 31.6. The molecule has 105 heavy (non-hydrogen) atoms. The van der Waals surface area contributed by atoms with Crippen molar-refractivity contribution < 1.29 is 80.2 Å². The molecular formula is C86H168O17P2. The highest BCUT2D eigenvalue weighted by Crippen LogP contribution is 2.45. The van der Waals surface area contributed by atoms with Crippen LogP contribution in [0.3, 0.4) is 0 Å². The van der Waals surface area contributed by atoms with Crippen LogP contribution >= 0.6 is 15.6 Å². The molecule has 624 valence electrons. The van der Waals surface area contributed by atoms with E-state index in [0.29, 0.717) is 25.7 Å². The van der Waals surface area contributed by atoms with Crippen molar-refractivity contribution in [1.82, 2.24) is 0 Å². The minimum atomic E-state index is -4.97. The van der Waals surface area contributed by atoms with E-state index >= 15 is 0 Å². The molecule has 0 saturated heterocycles. The zero-order chi connectivity index (χ0) is 77.1. The van der Waals surface area contributed by atoms with Crippen molar-refractivity contribution in [3.05, 3.63) is 0 Å². The average Bonchev–Trinajstić information content (AvgIpc) is 0.905. The largest absolute Gasteiger partial charge is 0.472 e. The Labute approximate surface area is 645 Å². The molecule has 0 aromatic heterocycles. The Morgan fingerprint density at radius 3 is 0.724 bits per heavy atom. The SMILES string of the molecule is CCCCCCCCCCCCCCCCCCCCCCCC(=O)O[C@H](COC(=O)CCCCCCCCCCCCCCCCCCCCC)COP(=O)(O)OC[C@@H](O)COP(=O)(O)OC[C@@H](COC(=O)CCCCCCCCC(C)CC)OC(=O)CCCCCCCCCCCCCCC(C)C. The lowest BCUT2D eigenvalue weighted by Gasteiger charge is -2.21. The van der Waals surface area contributed by atoms with Gasteiger partial charge < -0.3 is 33.8 Å². The Hall–Kier alpha value is -1.94. The van der Waals surface area contributed by atoms with Crippen LogP contribution in [0.25, 0.3) is 0 Å². The first kappa shape index (κ1) is 103. The molecule has 6 atom stereocenters. The average molecular weight is 1540 g/mol. The molecule has 17 nitrogen and oxygen atoms in total. The van der Waals surface area contributed by atoms with E-state index in [4.69, 9.17) is 37.0 Å². The molecule has 0 heterocycles. The third kappa shape index (κ3) is 78.5. The first-order chi connectivity index (χ1) is 50.9. The van der Waals surface area contributed by atoms with Gasteiger partial charge >= 0.3 is 39.5 Å². The molecule has 0 aliphatic heterocycles. The van der Waals surface area contributed by atoms with E-state index in [1.165, 1.54) is 270 Å². The molecule has 0 saturated carbocycles. The van der Waals surface area contributed by atoms with Crippen molar-refractivity contribution in [2.24, 2.45) is 11.8 Å². The van der Waals surface area contributed by atoms with Crippen molar-refractivity contribution in [2.75, 3.05) is 39.6 Å². The fourth-order valence-corrected chi connectivity index (χ4v) is 15.0. The summed E-state index contributed by atoms with van der Waals surface area (Å²) in [5, 5.41) is 10.7. The Morgan fingerprint density at radius 2 is 0.486 bits per heavy atom. The van der Waals surface area contributed by atoms with E-state index in [0.717, 1.165) is 108 Å². The molecule has 0 amide bonds. The van der Waals surface area contributed by atoms with Crippen molar-refractivity contribution in [3.63, 3.8) is 0 Å². The Morgan fingerprint density at radius 1 is 0.276 bits per heavy atom. The Bertz CT molecular complexity index is 2010. The molecule has 3 N–H and O–H groups in total. The van der Waals surface area contributed by atoms with Gasteiger partial charge in [-0.05, 0) is 37.5 Å². The van der Waals surface area contributed by atoms with Gasteiger partial charge in [-0.3, -0.25) is 37.3 Å². The summed E-state index contributed by atoms with van der Waals surface area (Å²) in [5.74, 6) is -0.597. The number of ether oxygens (including phenoxy) is 4. The lowest BCUT2D eigenvalue weighted by Crippen LogP contribution is -2.30. The van der Waals surface area contributed by atoms with E-state index < -0.39 is 97.5 Å². The van der Waals surface area contributed by atoms with E-state index in [1.807, 2.05) is 0 Å². The van der Waals surface area contributed by atoms with E-state index in [1.54, 1.807) is 0 Å². The molecule has 0 aromatic carbocycles. The second-order valence-corrected chi connectivity index (χ2v) is 34.6. The van der Waals surface area contributed by atoms with Crippen LogP contribution in [0.15, 0.2) is 0 Å². The van der Waals surface area contributed by atoms with Crippen LogP contribution < -0.4 is 0 Å². The maximum atomic E-state index is 13.1. The molecule has 0 fully saturated rings. The molecule has 0 aliphatic carbocycles. The summed E-state index contributed by atoms with van der Waals surface area (Å²) in [5.41, 5.74) is 0. The molecule has 0 spiro atoms. The molecule has 0 aromatic rings. The molecule has 19 heteroatoms. The monoisotopic (exact) mass is 1540 g/mol. The van der Waals surface area contributed by atoms with Gasteiger partial charge in [-0.2, -0.15) is 0 Å². The quantitative estimate of drug-likeness (QED) is 0.0222. The van der Waals surface area contributed by atoms with Crippen LogP contribution in [0.1, 0.15) is 459 Å². The Balaban J connectivity index is 5.23. The van der Waals surface area contributed by atoms with Crippen LogP contribution in [-0.4, -0.2) is 96.7 Å². The van der Waals surface area contributed by atoms with Gasteiger partial charge in [-0.15, -0.1) is 0 Å². The maximum absolute atomic E-state index is 13.1. The van der Waals surface area contributed by atoms with Gasteiger partial charge in [0.2, 0.25) is 0 Å². The molecule has 0 rings (SSSR count). The van der Waals surface area contributed by atoms with Gasteiger partial charge in [0.15, 0.2) is 12.2 Å². The van der Waals surface area contributed by atoms with Crippen LogP contribution in [0.2, 0.25) is 0 Å². The summed E-state index contributed by atoms with van der Waals surface area (Å²) in [6, 6.07) is 0. The van der Waals surface area contributed by atoms with Gasteiger partial charge in [0.05, 0.1) is 26.4 Å². The minimum Gasteiger partial charge on any atom is -0.462 e. The van der Waals surface area contributed by atoms with Crippen molar-refractivity contribution in [3.8, 4) is 0 Å². The summed E-state index contributed by atoms with van der Waals surface area (Å²) in [6.07, 6.45) is 69.6. The number of esters is 4. The fourth-order valence-electron chi connectivity index (χ4n) is 13.4. The predicted molar refractivity (Wildman–Crippen MR) is 432 cm³/mol. The number of carbonyl (C=O) groups excluding carboxylic acids is 4. The lowest BCUT2D eigenvalue weighted by atomic mass is 10.00. The Kier molecular flexibility index (Phi) is 76.0. The van der Waals surface area contributed by atoms with Gasteiger partial charge in [0.25, 0.3) is 0 Å². The third-order valence-electron chi connectivity index (χ3n) is 20.6. The molecular weight excluding hydrogens is 1370 g/mol. The number of phosphoric acid groups is 2. The highest BCUT2D eigenvalue weighted by Gasteiger charge is 2.30. The lowest BCUT2D eigenvalue weighted by molar-refractivity contribution is -0.161. The second kappa shape index (κ2) is 77.4. The standard InChI is InChI=1S/C86H168O17P2/c1-7-10-12-14-16-18-20-22-24-26-28-29-31-33-35-37-42-46-50-58-64-70-85(90)102-81(74-96-83(88)68-62-56-49-45-41-36-34-32-30-27-25-23-21-19-17-15-13-11-8-2)76-100-104(92,93)98-72-80(87)73-99-105(94,95)101-77-82(75-97-84(89)69-63-57-53-52-55-61-67-79(6)9-3)103-86(91)71-65-59-51-47-43-39-38-40-44-48-54-60-66-78(4)5/h78-82,87H,7-77H2,1-6H3,(H,92,93)(H,94,95)/t79?,80-,81-,82-/m1/s1. The topological polar surface area (TPSA) is 237 Å². The van der Waals surface area contributed by atoms with Gasteiger partial charge in [-0.1, -0.05) is 408 Å². The summed E-state index contributed by atoms with van der Waals surface area (Å²) >= 11 is 0. The van der Waals surface area contributed by atoms with Gasteiger partial charge in [0, 0.05) is 25.7 Å². The summed E-state index contributed by atoms with van der Waals surface area (Å²) < 4.78 is 68.9. The van der Waals surface area contributed by atoms with Gasteiger partial charge in [-0.25, -0.2) is 9.13 Å². The molecule has 3 unspecified atom stereocenters. The molecule has 0 radical (unpaired) electrons. The first-order valence-corrected chi connectivity index (χ1v) is 47.5. The van der Waals surface area contributed by atoms with E-state index in [2.05, 4.69) is 41.5 Å². The molecule has 0 bridgehead atoms. The summed E-state index contributed by atoms with van der Waals surface area (Å²) in [7, 11) is -9.93. The smallest absolute Gasteiger partial charge is 0.462 e. The van der Waals surface area contributed by atoms with E-state index in [-0.39, 0.29) is 25.7 Å². The number of unbranched alkanes of at least 4 members (excludes halogenated alkanes) is 54. The highest BCUT2D eigenvalue weighted by atomic mass is 31.2. The first-order valence-electron chi connectivity index (χ1n) is 44.5. The molecule has 0 aliphatic rings. The third-order valence-corrected chi connectivity index (χ3v) is 22.5. The highest BCUT2D eigenvalue weighted by molar-refractivity contribution is 7.47. The number of rotatable bonds is 85. The fraction of sp³-hybridized carbons (Fsp3) is 0.953.